The lowest BCUT2D eigenvalue weighted by Crippen LogP contribution is -2.42. The molecule has 11 nitrogen and oxygen atoms in total. The molecule has 3 aromatic rings. The highest BCUT2D eigenvalue weighted by molar-refractivity contribution is 6.00. The number of anilines is 1. The summed E-state index contributed by atoms with van der Waals surface area (Å²) in [5.74, 6) is -0.731. The minimum Gasteiger partial charge on any atom is -0.449 e. The molecule has 1 aliphatic rings. The predicted octanol–water partition coefficient (Wildman–Crippen LogP) is 3.59. The Morgan fingerprint density at radius 3 is 2.62 bits per heavy atom. The lowest BCUT2D eigenvalue weighted by atomic mass is 9.80. The van der Waals surface area contributed by atoms with E-state index in [-0.39, 0.29) is 24.1 Å². The Morgan fingerprint density at radius 1 is 1.21 bits per heavy atom. The van der Waals surface area contributed by atoms with E-state index < -0.39 is 43.0 Å². The number of alkyl halides is 4. The third-order valence-electron chi connectivity index (χ3n) is 6.73. The highest BCUT2D eigenvalue weighted by atomic mass is 19.4. The van der Waals surface area contributed by atoms with Crippen LogP contribution >= 0.6 is 0 Å². The van der Waals surface area contributed by atoms with Gasteiger partial charge in [-0.15, -0.1) is 0 Å². The molecule has 224 valence electrons. The van der Waals surface area contributed by atoms with Gasteiger partial charge in [-0.25, -0.2) is 13.7 Å². The third kappa shape index (κ3) is 7.64. The smallest absolute Gasteiger partial charge is 0.407 e. The third-order valence-corrected chi connectivity index (χ3v) is 6.73. The largest absolute Gasteiger partial charge is 0.449 e. The fraction of sp³-hybridized carbons (Fsp3) is 0.444. The minimum absolute atomic E-state index is 0.0713. The molecule has 0 unspecified atom stereocenters. The summed E-state index contributed by atoms with van der Waals surface area (Å²) in [7, 11) is 0. The average Bonchev–Trinajstić information content (AvgIpc) is 3.33. The predicted molar refractivity (Wildman–Crippen MR) is 142 cm³/mol. The SMILES string of the molecule is CC(C)(O)[C@H](F)CNC(=O)c1cnc(-c2ccc3cc(C#N)cnn23)cc1NC1CC(COC(=O)NCC(F)(F)F)C1. The van der Waals surface area contributed by atoms with Crippen LogP contribution in [0.5, 0.6) is 0 Å². The number of carbonyl (C=O) groups is 2. The van der Waals surface area contributed by atoms with E-state index in [2.05, 4.69) is 20.7 Å². The van der Waals surface area contributed by atoms with Crippen molar-refractivity contribution < 1.29 is 37.0 Å². The average molecular weight is 592 g/mol. The monoisotopic (exact) mass is 591 g/mol. The summed E-state index contributed by atoms with van der Waals surface area (Å²) in [6.07, 6.45) is -3.67. The Bertz CT molecular complexity index is 1490. The van der Waals surface area contributed by atoms with Gasteiger partial charge >= 0.3 is 12.3 Å². The maximum absolute atomic E-state index is 14.3. The summed E-state index contributed by atoms with van der Waals surface area (Å²) >= 11 is 0. The molecule has 4 N–H and O–H groups in total. The molecule has 0 radical (unpaired) electrons. The van der Waals surface area contributed by atoms with Crippen LogP contribution in [0.15, 0.2) is 36.7 Å². The lowest BCUT2D eigenvalue weighted by molar-refractivity contribution is -0.123. The highest BCUT2D eigenvalue weighted by Crippen LogP contribution is 2.33. The minimum atomic E-state index is -4.54. The van der Waals surface area contributed by atoms with Gasteiger partial charge in [0.25, 0.3) is 5.91 Å². The van der Waals surface area contributed by atoms with Crippen LogP contribution in [0.1, 0.15) is 42.6 Å². The highest BCUT2D eigenvalue weighted by Gasteiger charge is 2.33. The fourth-order valence-corrected chi connectivity index (χ4v) is 4.30. The van der Waals surface area contributed by atoms with Gasteiger partial charge < -0.3 is 25.8 Å². The first-order valence-corrected chi connectivity index (χ1v) is 13.0. The second kappa shape index (κ2) is 12.2. The first-order valence-electron chi connectivity index (χ1n) is 13.0. The van der Waals surface area contributed by atoms with Crippen molar-refractivity contribution >= 4 is 23.2 Å². The Kier molecular flexibility index (Phi) is 8.86. The molecule has 2 amide bonds. The second-order valence-electron chi connectivity index (χ2n) is 10.6. The lowest BCUT2D eigenvalue weighted by Gasteiger charge is -2.36. The Balaban J connectivity index is 1.48. The molecule has 0 saturated heterocycles. The maximum atomic E-state index is 14.3. The Morgan fingerprint density at radius 2 is 1.95 bits per heavy atom. The zero-order chi connectivity index (χ0) is 30.7. The molecule has 1 saturated carbocycles. The number of halogens is 4. The number of carbonyl (C=O) groups excluding carboxylic acids is 2. The van der Waals surface area contributed by atoms with Crippen LogP contribution in [-0.2, 0) is 4.74 Å². The van der Waals surface area contributed by atoms with Crippen molar-refractivity contribution in [3.05, 3.63) is 47.8 Å². The van der Waals surface area contributed by atoms with Crippen LogP contribution in [0.2, 0.25) is 0 Å². The number of alkyl carbamates (subject to hydrolysis) is 1. The first kappa shape index (κ1) is 30.5. The molecule has 15 heteroatoms. The molecule has 0 aromatic carbocycles. The molecule has 1 atom stereocenters. The van der Waals surface area contributed by atoms with E-state index in [1.807, 2.05) is 6.07 Å². The quantitative estimate of drug-likeness (QED) is 0.261. The van der Waals surface area contributed by atoms with E-state index in [0.717, 1.165) is 0 Å². The van der Waals surface area contributed by atoms with E-state index in [9.17, 15) is 32.3 Å². The number of ether oxygens (including phenoxy) is 1. The van der Waals surface area contributed by atoms with Crippen molar-refractivity contribution in [2.24, 2.45) is 5.92 Å². The van der Waals surface area contributed by atoms with Crippen molar-refractivity contribution in [2.75, 3.05) is 25.0 Å². The zero-order valence-electron chi connectivity index (χ0n) is 22.7. The van der Waals surface area contributed by atoms with Crippen LogP contribution in [0, 0.1) is 17.2 Å². The molecule has 0 spiro atoms. The summed E-state index contributed by atoms with van der Waals surface area (Å²) in [6.45, 7) is 0.592. The molecular formula is C27H29F4N7O4. The van der Waals surface area contributed by atoms with E-state index in [4.69, 9.17) is 10.00 Å². The molecular weight excluding hydrogens is 562 g/mol. The molecule has 3 heterocycles. The van der Waals surface area contributed by atoms with Gasteiger partial charge in [0.05, 0.1) is 58.7 Å². The van der Waals surface area contributed by atoms with Crippen LogP contribution in [-0.4, -0.2) is 75.4 Å². The summed E-state index contributed by atoms with van der Waals surface area (Å²) in [5.41, 5.74) is 0.918. The molecule has 1 aliphatic carbocycles. The molecule has 1 fully saturated rings. The number of aromatic nitrogens is 3. The number of nitriles is 1. The van der Waals surface area contributed by atoms with Crippen LogP contribution in [0.25, 0.3) is 16.9 Å². The summed E-state index contributed by atoms with van der Waals surface area (Å²) in [4.78, 5) is 28.9. The second-order valence-corrected chi connectivity index (χ2v) is 10.6. The van der Waals surface area contributed by atoms with Crippen LogP contribution in [0.3, 0.4) is 0 Å². The van der Waals surface area contributed by atoms with Crippen molar-refractivity contribution in [2.45, 2.75) is 50.7 Å². The summed E-state index contributed by atoms with van der Waals surface area (Å²) in [5, 5.41) is 30.7. The van der Waals surface area contributed by atoms with E-state index >= 15 is 0 Å². The molecule has 3 aromatic heterocycles. The standard InChI is InChI=1S/C27H29F4N7O4/c1-26(2,41)23(28)12-34-24(39)19-11-33-21(22-4-3-18-7-16(9-32)10-36-38(18)22)8-20(19)37-17-5-15(6-17)13-42-25(40)35-14-27(29,30)31/h3-4,7-8,10-11,15,17,23,41H,5-6,12-14H2,1-2H3,(H,33,37)(H,34,39)(H,35,40)/t15?,17?,23-/m1/s1. The van der Waals surface area contributed by atoms with Gasteiger partial charge in [0.15, 0.2) is 0 Å². The number of aliphatic hydroxyl groups is 1. The molecule has 4 rings (SSSR count). The Labute approximate surface area is 237 Å². The van der Waals surface area contributed by atoms with E-state index in [1.54, 1.807) is 34.1 Å². The van der Waals surface area contributed by atoms with Crippen molar-refractivity contribution in [1.29, 1.82) is 5.26 Å². The van der Waals surface area contributed by atoms with Gasteiger partial charge in [-0.1, -0.05) is 0 Å². The number of pyridine rings is 1. The number of nitrogens with zero attached hydrogens (tertiary/aromatic N) is 4. The van der Waals surface area contributed by atoms with E-state index in [0.29, 0.717) is 41.0 Å². The van der Waals surface area contributed by atoms with Crippen molar-refractivity contribution in [3.63, 3.8) is 0 Å². The Hall–Kier alpha value is -4.45. The number of hydrogen-bond acceptors (Lipinski definition) is 8. The van der Waals surface area contributed by atoms with Crippen LogP contribution < -0.4 is 16.0 Å². The van der Waals surface area contributed by atoms with E-state index in [1.165, 1.54) is 26.2 Å². The number of rotatable bonds is 10. The van der Waals surface area contributed by atoms with Gasteiger partial charge in [-0.3, -0.25) is 9.78 Å². The van der Waals surface area contributed by atoms with Gasteiger partial charge in [0.1, 0.15) is 18.8 Å². The van der Waals surface area contributed by atoms with Crippen LogP contribution in [0.4, 0.5) is 28.0 Å². The van der Waals surface area contributed by atoms with Gasteiger partial charge in [0.2, 0.25) is 0 Å². The van der Waals surface area contributed by atoms with Gasteiger partial charge in [0, 0.05) is 12.2 Å². The summed E-state index contributed by atoms with van der Waals surface area (Å²) in [6, 6.07) is 8.68. The zero-order valence-corrected chi connectivity index (χ0v) is 22.7. The number of hydrogen-bond donors (Lipinski definition) is 4. The normalized spacial score (nSPS) is 17.6. The maximum Gasteiger partial charge on any atom is 0.407 e. The number of amides is 2. The van der Waals surface area contributed by atoms with Crippen molar-refractivity contribution in [1.82, 2.24) is 25.2 Å². The fourth-order valence-electron chi connectivity index (χ4n) is 4.30. The number of nitrogens with one attached hydrogen (secondary N) is 3. The van der Waals surface area contributed by atoms with Gasteiger partial charge in [-0.05, 0) is 56.9 Å². The molecule has 0 aliphatic heterocycles. The topological polar surface area (TPSA) is 154 Å². The van der Waals surface area contributed by atoms with Crippen molar-refractivity contribution in [3.8, 4) is 17.5 Å². The van der Waals surface area contributed by atoms with Gasteiger partial charge in [-0.2, -0.15) is 23.5 Å². The molecule has 42 heavy (non-hydrogen) atoms. The summed E-state index contributed by atoms with van der Waals surface area (Å²) < 4.78 is 57.5. The molecule has 0 bridgehead atoms. The first-order chi connectivity index (χ1) is 19.7. The number of fused-ring (bicyclic) bond motifs is 1.